The summed E-state index contributed by atoms with van der Waals surface area (Å²) in [7, 11) is -4.01. The maximum Gasteiger partial charge on any atom is 0.339 e. The van der Waals surface area contributed by atoms with Gasteiger partial charge in [-0.3, -0.25) is 4.99 Å². The van der Waals surface area contributed by atoms with Crippen LogP contribution in [0.4, 0.5) is 5.69 Å². The predicted octanol–water partition coefficient (Wildman–Crippen LogP) is 6.29. The van der Waals surface area contributed by atoms with Gasteiger partial charge in [-0.15, -0.1) is 0 Å². The SMILES string of the molecule is CCOc1cc(C=Nc2ccc(C)cc2C)cc(Br)c1OS(=O)(=O)c1ccc(C)cc1. The molecule has 0 heterocycles. The zero-order valence-electron chi connectivity index (χ0n) is 17.8. The smallest absolute Gasteiger partial charge is 0.339 e. The highest BCUT2D eigenvalue weighted by Gasteiger charge is 2.22. The van der Waals surface area contributed by atoms with E-state index in [0.717, 1.165) is 22.4 Å². The van der Waals surface area contributed by atoms with Gasteiger partial charge in [-0.05, 0) is 85.1 Å². The quantitative estimate of drug-likeness (QED) is 0.281. The van der Waals surface area contributed by atoms with E-state index in [0.29, 0.717) is 16.8 Å². The van der Waals surface area contributed by atoms with Crippen molar-refractivity contribution in [3.8, 4) is 11.5 Å². The number of aliphatic imine (C=N–C) groups is 1. The molecule has 0 atom stereocenters. The van der Waals surface area contributed by atoms with Gasteiger partial charge in [-0.25, -0.2) is 0 Å². The lowest BCUT2D eigenvalue weighted by Crippen LogP contribution is -2.11. The van der Waals surface area contributed by atoms with Gasteiger partial charge in [-0.2, -0.15) is 8.42 Å². The van der Waals surface area contributed by atoms with Gasteiger partial charge in [0.1, 0.15) is 4.90 Å². The summed E-state index contributed by atoms with van der Waals surface area (Å²) in [5.74, 6) is 0.417. The number of hydrogen-bond acceptors (Lipinski definition) is 5. The number of hydrogen-bond donors (Lipinski definition) is 0. The van der Waals surface area contributed by atoms with Crippen molar-refractivity contribution in [2.75, 3.05) is 6.61 Å². The first kappa shape index (κ1) is 23.0. The van der Waals surface area contributed by atoms with E-state index in [2.05, 4.69) is 27.0 Å². The van der Waals surface area contributed by atoms with Crippen molar-refractivity contribution < 1.29 is 17.3 Å². The standard InChI is InChI=1S/C24H24BrNO4S/c1-5-29-23-14-19(15-26-22-11-8-17(3)12-18(22)4)13-21(25)24(23)30-31(27,28)20-9-6-16(2)7-10-20/h6-15H,5H2,1-4H3. The van der Waals surface area contributed by atoms with Crippen molar-refractivity contribution in [3.63, 3.8) is 0 Å². The van der Waals surface area contributed by atoms with Crippen LogP contribution in [-0.2, 0) is 10.1 Å². The van der Waals surface area contributed by atoms with Crippen LogP contribution in [0, 0.1) is 20.8 Å². The van der Waals surface area contributed by atoms with Crippen LogP contribution in [0.5, 0.6) is 11.5 Å². The lowest BCUT2D eigenvalue weighted by molar-refractivity contribution is 0.327. The molecular weight excluding hydrogens is 478 g/mol. The van der Waals surface area contributed by atoms with E-state index in [1.807, 2.05) is 39.8 Å². The summed E-state index contributed by atoms with van der Waals surface area (Å²) in [6.07, 6.45) is 1.71. The largest absolute Gasteiger partial charge is 0.490 e. The Morgan fingerprint density at radius 1 is 0.968 bits per heavy atom. The molecule has 0 aliphatic carbocycles. The Balaban J connectivity index is 1.95. The summed E-state index contributed by atoms with van der Waals surface area (Å²) in [5.41, 5.74) is 4.82. The molecule has 3 aromatic rings. The number of ether oxygens (including phenoxy) is 1. The fourth-order valence-corrected chi connectivity index (χ4v) is 4.57. The molecule has 0 amide bonds. The summed E-state index contributed by atoms with van der Waals surface area (Å²) in [6.45, 7) is 8.11. The van der Waals surface area contributed by atoms with Gasteiger partial charge >= 0.3 is 10.1 Å². The van der Waals surface area contributed by atoms with Crippen molar-refractivity contribution in [1.29, 1.82) is 0 Å². The van der Waals surface area contributed by atoms with E-state index in [1.54, 1.807) is 30.5 Å². The van der Waals surface area contributed by atoms with Gasteiger partial charge < -0.3 is 8.92 Å². The molecule has 7 heteroatoms. The molecule has 3 aromatic carbocycles. The molecule has 0 radical (unpaired) electrons. The first-order valence-corrected chi connectivity index (χ1v) is 12.0. The molecule has 0 aliphatic rings. The second-order valence-corrected chi connectivity index (χ2v) is 9.56. The van der Waals surface area contributed by atoms with Crippen molar-refractivity contribution in [2.45, 2.75) is 32.6 Å². The molecule has 0 fully saturated rings. The van der Waals surface area contributed by atoms with Gasteiger partial charge in [0.2, 0.25) is 0 Å². The molecule has 0 N–H and O–H groups in total. The molecule has 0 saturated heterocycles. The molecule has 3 rings (SSSR count). The normalized spacial score (nSPS) is 11.6. The number of halogens is 1. The minimum atomic E-state index is -4.01. The monoisotopic (exact) mass is 501 g/mol. The zero-order valence-corrected chi connectivity index (χ0v) is 20.2. The molecule has 31 heavy (non-hydrogen) atoms. The Labute approximate surface area is 192 Å². The van der Waals surface area contributed by atoms with Crippen LogP contribution in [0.25, 0.3) is 0 Å². The third-order valence-corrected chi connectivity index (χ3v) is 6.36. The molecule has 5 nitrogen and oxygen atoms in total. The van der Waals surface area contributed by atoms with Crippen LogP contribution < -0.4 is 8.92 Å². The van der Waals surface area contributed by atoms with Crippen LogP contribution >= 0.6 is 15.9 Å². The number of benzene rings is 3. The molecule has 0 saturated carbocycles. The Kier molecular flexibility index (Phi) is 7.18. The Morgan fingerprint density at radius 3 is 2.29 bits per heavy atom. The van der Waals surface area contributed by atoms with E-state index in [4.69, 9.17) is 8.92 Å². The number of nitrogens with zero attached hydrogens (tertiary/aromatic N) is 1. The van der Waals surface area contributed by atoms with Crippen molar-refractivity contribution >= 4 is 38.0 Å². The molecule has 0 aromatic heterocycles. The molecule has 0 bridgehead atoms. The third kappa shape index (κ3) is 5.74. The van der Waals surface area contributed by atoms with Crippen LogP contribution in [0.1, 0.15) is 29.2 Å². The van der Waals surface area contributed by atoms with E-state index < -0.39 is 10.1 Å². The van der Waals surface area contributed by atoms with E-state index in [9.17, 15) is 8.42 Å². The number of rotatable bonds is 7. The van der Waals surface area contributed by atoms with Crippen molar-refractivity contribution in [1.82, 2.24) is 0 Å². The van der Waals surface area contributed by atoms with E-state index in [-0.39, 0.29) is 10.6 Å². The van der Waals surface area contributed by atoms with E-state index >= 15 is 0 Å². The van der Waals surface area contributed by atoms with Gasteiger partial charge in [0, 0.05) is 6.21 Å². The van der Waals surface area contributed by atoms with Crippen LogP contribution in [0.15, 0.2) is 69.0 Å². The average molecular weight is 502 g/mol. The highest BCUT2D eigenvalue weighted by atomic mass is 79.9. The minimum absolute atomic E-state index is 0.0768. The lowest BCUT2D eigenvalue weighted by Gasteiger charge is -2.14. The minimum Gasteiger partial charge on any atom is -0.490 e. The predicted molar refractivity (Wildman–Crippen MR) is 127 cm³/mol. The second kappa shape index (κ2) is 9.66. The van der Waals surface area contributed by atoms with E-state index in [1.165, 1.54) is 17.7 Å². The fraction of sp³-hybridized carbons (Fsp3) is 0.208. The van der Waals surface area contributed by atoms with Crippen LogP contribution in [-0.4, -0.2) is 21.2 Å². The van der Waals surface area contributed by atoms with Gasteiger partial charge in [0.05, 0.1) is 16.8 Å². The Bertz CT molecular complexity index is 1220. The third-order valence-electron chi connectivity index (χ3n) is 4.54. The molecule has 0 aliphatic heterocycles. The van der Waals surface area contributed by atoms with Gasteiger partial charge in [0.25, 0.3) is 0 Å². The highest BCUT2D eigenvalue weighted by molar-refractivity contribution is 9.10. The summed E-state index contributed by atoms with van der Waals surface area (Å²) in [6, 6.07) is 16.0. The first-order chi connectivity index (χ1) is 14.7. The van der Waals surface area contributed by atoms with Crippen molar-refractivity contribution in [3.05, 3.63) is 81.3 Å². The summed E-state index contributed by atoms with van der Waals surface area (Å²) >= 11 is 3.42. The highest BCUT2D eigenvalue weighted by Crippen LogP contribution is 2.38. The first-order valence-electron chi connectivity index (χ1n) is 9.78. The van der Waals surface area contributed by atoms with Crippen molar-refractivity contribution in [2.24, 2.45) is 4.99 Å². The lowest BCUT2D eigenvalue weighted by atomic mass is 10.1. The Hall–Kier alpha value is -2.64. The Morgan fingerprint density at radius 2 is 1.65 bits per heavy atom. The second-order valence-electron chi connectivity index (χ2n) is 7.16. The summed E-state index contributed by atoms with van der Waals surface area (Å²) in [5, 5.41) is 0. The average Bonchev–Trinajstić information content (AvgIpc) is 2.70. The molecular formula is C24H24BrNO4S. The van der Waals surface area contributed by atoms with Crippen LogP contribution in [0.2, 0.25) is 0 Å². The molecule has 0 unspecified atom stereocenters. The maximum atomic E-state index is 12.8. The summed E-state index contributed by atoms with van der Waals surface area (Å²) < 4.78 is 37.1. The topological polar surface area (TPSA) is 65.0 Å². The number of aryl methyl sites for hydroxylation is 3. The van der Waals surface area contributed by atoms with Crippen LogP contribution in [0.3, 0.4) is 0 Å². The van der Waals surface area contributed by atoms with Gasteiger partial charge in [-0.1, -0.05) is 35.4 Å². The van der Waals surface area contributed by atoms with Gasteiger partial charge in [0.15, 0.2) is 11.5 Å². The maximum absolute atomic E-state index is 12.8. The summed E-state index contributed by atoms with van der Waals surface area (Å²) in [4.78, 5) is 4.64. The zero-order chi connectivity index (χ0) is 22.6. The molecule has 162 valence electrons. The fourth-order valence-electron chi connectivity index (χ4n) is 2.96. The molecule has 0 spiro atoms.